The quantitative estimate of drug-likeness (QED) is 0.926. The summed E-state index contributed by atoms with van der Waals surface area (Å²) < 4.78 is 13.2. The Kier molecular flexibility index (Phi) is 4.11. The third kappa shape index (κ3) is 3.02. The van der Waals surface area contributed by atoms with E-state index in [-0.39, 0.29) is 24.2 Å². The summed E-state index contributed by atoms with van der Waals surface area (Å²) >= 11 is 0. The monoisotopic (exact) mass is 340 g/mol. The van der Waals surface area contributed by atoms with Crippen molar-refractivity contribution in [2.24, 2.45) is 0 Å². The van der Waals surface area contributed by atoms with Gasteiger partial charge in [-0.05, 0) is 63.1 Å². The minimum atomic E-state index is -0.659. The second-order valence-electron chi connectivity index (χ2n) is 7.04. The molecule has 1 N–H and O–H groups in total. The van der Waals surface area contributed by atoms with Crippen LogP contribution in [0.25, 0.3) is 0 Å². The number of halogens is 1. The molecule has 0 spiro atoms. The molecule has 0 fully saturated rings. The van der Waals surface area contributed by atoms with Gasteiger partial charge < -0.3 is 10.2 Å². The molecule has 0 saturated heterocycles. The minimum Gasteiger partial charge on any atom is -0.324 e. The maximum atomic E-state index is 13.2. The summed E-state index contributed by atoms with van der Waals surface area (Å²) in [5, 5.41) is 2.75. The summed E-state index contributed by atoms with van der Waals surface area (Å²) in [5.41, 5.74) is 3.30. The predicted octanol–water partition coefficient (Wildman–Crippen LogP) is 3.71. The molecule has 2 amide bonds. The smallest absolute Gasteiger partial charge is 0.244 e. The molecule has 25 heavy (non-hydrogen) atoms. The molecule has 0 saturated carbocycles. The molecule has 4 nitrogen and oxygen atoms in total. The van der Waals surface area contributed by atoms with Crippen LogP contribution in [0.3, 0.4) is 0 Å². The molecule has 0 atom stereocenters. The Labute approximate surface area is 146 Å². The Morgan fingerprint density at radius 1 is 1.16 bits per heavy atom. The number of fused-ring (bicyclic) bond motifs is 1. The van der Waals surface area contributed by atoms with E-state index in [0.717, 1.165) is 16.8 Å². The maximum absolute atomic E-state index is 13.2. The van der Waals surface area contributed by atoms with Crippen molar-refractivity contribution in [3.8, 4) is 0 Å². The van der Waals surface area contributed by atoms with E-state index in [1.807, 2.05) is 39.0 Å². The van der Waals surface area contributed by atoms with Crippen molar-refractivity contribution < 1.29 is 14.0 Å². The number of aryl methyl sites for hydroxylation is 2. The normalized spacial score (nSPS) is 15.2. The Balaban J connectivity index is 1.83. The van der Waals surface area contributed by atoms with Crippen LogP contribution < -0.4 is 10.2 Å². The van der Waals surface area contributed by atoms with Gasteiger partial charge in [0.05, 0.1) is 5.41 Å². The molecule has 1 heterocycles. The number of carbonyl (C=O) groups excluding carboxylic acids is 2. The largest absolute Gasteiger partial charge is 0.324 e. The first kappa shape index (κ1) is 17.1. The fraction of sp³-hybridized carbons (Fsp3) is 0.300. The zero-order valence-electron chi connectivity index (χ0n) is 14.8. The summed E-state index contributed by atoms with van der Waals surface area (Å²) in [6, 6.07) is 9.99. The molecule has 0 aromatic heterocycles. The molecule has 130 valence electrons. The van der Waals surface area contributed by atoms with Crippen LogP contribution in [0.2, 0.25) is 0 Å². The molecule has 2 aromatic carbocycles. The van der Waals surface area contributed by atoms with E-state index >= 15 is 0 Å². The molecular weight excluding hydrogens is 319 g/mol. The Morgan fingerprint density at radius 2 is 1.88 bits per heavy atom. The van der Waals surface area contributed by atoms with Crippen molar-refractivity contribution in [1.29, 1.82) is 0 Å². The van der Waals surface area contributed by atoms with Gasteiger partial charge in [-0.1, -0.05) is 17.7 Å². The van der Waals surface area contributed by atoms with Crippen LogP contribution in [-0.4, -0.2) is 18.4 Å². The zero-order valence-corrected chi connectivity index (χ0v) is 14.8. The first-order valence-corrected chi connectivity index (χ1v) is 8.19. The lowest BCUT2D eigenvalue weighted by Crippen LogP contribution is -2.40. The van der Waals surface area contributed by atoms with E-state index in [0.29, 0.717) is 11.3 Å². The van der Waals surface area contributed by atoms with Gasteiger partial charge in [-0.15, -0.1) is 0 Å². The number of anilines is 2. The molecule has 0 bridgehead atoms. The van der Waals surface area contributed by atoms with Crippen LogP contribution in [0.4, 0.5) is 15.8 Å². The van der Waals surface area contributed by atoms with Gasteiger partial charge >= 0.3 is 0 Å². The summed E-state index contributed by atoms with van der Waals surface area (Å²) in [6.45, 7) is 7.37. The average molecular weight is 340 g/mol. The number of hydrogen-bond acceptors (Lipinski definition) is 2. The highest BCUT2D eigenvalue weighted by Crippen LogP contribution is 2.41. The third-order valence-electron chi connectivity index (χ3n) is 4.66. The molecule has 5 heteroatoms. The summed E-state index contributed by atoms with van der Waals surface area (Å²) in [5.74, 6) is -0.761. The number of benzene rings is 2. The number of nitrogens with one attached hydrogen (secondary N) is 1. The van der Waals surface area contributed by atoms with Gasteiger partial charge in [-0.2, -0.15) is 0 Å². The van der Waals surface area contributed by atoms with E-state index < -0.39 is 5.41 Å². The number of hydrogen-bond donors (Lipinski definition) is 1. The van der Waals surface area contributed by atoms with Gasteiger partial charge in [0.15, 0.2) is 0 Å². The van der Waals surface area contributed by atoms with Gasteiger partial charge in [0.25, 0.3) is 0 Å². The molecule has 1 aliphatic heterocycles. The van der Waals surface area contributed by atoms with Crippen molar-refractivity contribution in [2.75, 3.05) is 16.8 Å². The number of nitrogens with zero attached hydrogens (tertiary/aromatic N) is 1. The number of carbonyl (C=O) groups is 2. The van der Waals surface area contributed by atoms with Gasteiger partial charge in [-0.25, -0.2) is 4.39 Å². The molecule has 0 radical (unpaired) electrons. The summed E-state index contributed by atoms with van der Waals surface area (Å²) in [7, 11) is 0. The standard InChI is InChI=1S/C20H21FN2O2/c1-12-5-8-17-15(9-12)20(3,4)19(25)23(17)11-18(24)22-16-7-6-14(21)10-13(16)2/h5-10H,11H2,1-4H3,(H,22,24). The maximum Gasteiger partial charge on any atom is 0.244 e. The van der Waals surface area contributed by atoms with Gasteiger partial charge in [0.2, 0.25) is 11.8 Å². The zero-order chi connectivity index (χ0) is 18.4. The molecular formula is C20H21FN2O2. The van der Waals surface area contributed by atoms with Crippen LogP contribution >= 0.6 is 0 Å². The molecule has 0 aliphatic carbocycles. The summed E-state index contributed by atoms with van der Waals surface area (Å²) in [6.07, 6.45) is 0. The molecule has 2 aromatic rings. The highest BCUT2D eigenvalue weighted by atomic mass is 19.1. The van der Waals surface area contributed by atoms with Crippen molar-refractivity contribution in [3.63, 3.8) is 0 Å². The van der Waals surface area contributed by atoms with E-state index in [1.165, 1.54) is 23.1 Å². The van der Waals surface area contributed by atoms with E-state index in [1.54, 1.807) is 6.92 Å². The SMILES string of the molecule is Cc1ccc2c(c1)C(C)(C)C(=O)N2CC(=O)Nc1ccc(F)cc1C. The van der Waals surface area contributed by atoms with Crippen molar-refractivity contribution >= 4 is 23.2 Å². The fourth-order valence-electron chi connectivity index (χ4n) is 3.21. The van der Waals surface area contributed by atoms with Crippen LogP contribution in [0.15, 0.2) is 36.4 Å². The lowest BCUT2D eigenvalue weighted by Gasteiger charge is -2.20. The van der Waals surface area contributed by atoms with Crippen molar-refractivity contribution in [1.82, 2.24) is 0 Å². The summed E-state index contributed by atoms with van der Waals surface area (Å²) in [4.78, 5) is 26.7. The van der Waals surface area contributed by atoms with Gasteiger partial charge in [0, 0.05) is 11.4 Å². The van der Waals surface area contributed by atoms with Crippen LogP contribution in [0, 0.1) is 19.7 Å². The Hall–Kier alpha value is -2.69. The minimum absolute atomic E-state index is 0.0743. The van der Waals surface area contributed by atoms with Crippen LogP contribution in [-0.2, 0) is 15.0 Å². The van der Waals surface area contributed by atoms with Gasteiger partial charge in [0.1, 0.15) is 12.4 Å². The van der Waals surface area contributed by atoms with Crippen LogP contribution in [0.5, 0.6) is 0 Å². The first-order chi connectivity index (χ1) is 11.7. The lowest BCUT2D eigenvalue weighted by molar-refractivity contribution is -0.124. The highest BCUT2D eigenvalue weighted by Gasteiger charge is 2.44. The fourth-order valence-corrected chi connectivity index (χ4v) is 3.21. The Bertz CT molecular complexity index is 874. The number of rotatable bonds is 3. The first-order valence-electron chi connectivity index (χ1n) is 8.19. The molecule has 3 rings (SSSR count). The van der Waals surface area contributed by atoms with Crippen molar-refractivity contribution in [2.45, 2.75) is 33.1 Å². The number of amides is 2. The van der Waals surface area contributed by atoms with E-state index in [4.69, 9.17) is 0 Å². The van der Waals surface area contributed by atoms with Gasteiger partial charge in [-0.3, -0.25) is 9.59 Å². The second-order valence-corrected chi connectivity index (χ2v) is 7.04. The predicted molar refractivity (Wildman–Crippen MR) is 96.3 cm³/mol. The topological polar surface area (TPSA) is 49.4 Å². The molecule has 0 unspecified atom stereocenters. The van der Waals surface area contributed by atoms with E-state index in [9.17, 15) is 14.0 Å². The average Bonchev–Trinajstić information content (AvgIpc) is 2.71. The third-order valence-corrected chi connectivity index (χ3v) is 4.66. The highest BCUT2D eigenvalue weighted by molar-refractivity contribution is 6.11. The van der Waals surface area contributed by atoms with Crippen LogP contribution in [0.1, 0.15) is 30.5 Å². The second kappa shape index (κ2) is 5.99. The Morgan fingerprint density at radius 3 is 2.56 bits per heavy atom. The van der Waals surface area contributed by atoms with Crippen molar-refractivity contribution in [3.05, 3.63) is 58.9 Å². The molecule has 1 aliphatic rings. The lowest BCUT2D eigenvalue weighted by atomic mass is 9.85. The van der Waals surface area contributed by atoms with E-state index in [2.05, 4.69) is 5.32 Å².